The highest BCUT2D eigenvalue weighted by atomic mass is 14.7. The van der Waals surface area contributed by atoms with E-state index in [0.29, 0.717) is 0 Å². The van der Waals surface area contributed by atoms with Crippen LogP contribution in [0.1, 0.15) is 0 Å². The van der Waals surface area contributed by atoms with E-state index in [1.54, 1.807) is 0 Å². The number of hydrogen-bond donors (Lipinski definition) is 1. The molecule has 1 heteroatoms. The van der Waals surface area contributed by atoms with Gasteiger partial charge in [0.15, 0.2) is 0 Å². The minimum atomic E-state index is 1.12. The van der Waals surface area contributed by atoms with Crippen molar-refractivity contribution >= 4 is 10.9 Å². The van der Waals surface area contributed by atoms with E-state index in [-0.39, 0.29) is 0 Å². The van der Waals surface area contributed by atoms with Gasteiger partial charge in [0, 0.05) is 16.5 Å². The van der Waals surface area contributed by atoms with Crippen molar-refractivity contribution in [3.63, 3.8) is 0 Å². The Balaban J connectivity index is 2.07. The molecule has 0 amide bonds. The van der Waals surface area contributed by atoms with Crippen LogP contribution in [0, 0.1) is 6.07 Å². The zero-order chi connectivity index (χ0) is 14.1. The van der Waals surface area contributed by atoms with Gasteiger partial charge in [-0.05, 0) is 23.3 Å². The summed E-state index contributed by atoms with van der Waals surface area (Å²) >= 11 is 0. The first-order valence-corrected chi connectivity index (χ1v) is 7.06. The molecule has 0 bridgehead atoms. The van der Waals surface area contributed by atoms with Gasteiger partial charge in [0.05, 0.1) is 5.69 Å². The number of nitrogens with one attached hydrogen (secondary N) is 1. The van der Waals surface area contributed by atoms with Crippen LogP contribution in [0.15, 0.2) is 78.9 Å². The van der Waals surface area contributed by atoms with Crippen molar-refractivity contribution in [2.45, 2.75) is 0 Å². The highest BCUT2D eigenvalue weighted by Gasteiger charge is 2.13. The second-order valence-electron chi connectivity index (χ2n) is 5.08. The van der Waals surface area contributed by atoms with Crippen LogP contribution in [-0.2, 0) is 0 Å². The highest BCUT2D eigenvalue weighted by Crippen LogP contribution is 2.37. The molecule has 21 heavy (non-hydrogen) atoms. The van der Waals surface area contributed by atoms with Gasteiger partial charge in [-0.25, -0.2) is 0 Å². The number of aromatic nitrogens is 1. The molecule has 1 aromatic heterocycles. The lowest BCUT2D eigenvalue weighted by Gasteiger charge is -2.05. The number of hydrogen-bond acceptors (Lipinski definition) is 0. The van der Waals surface area contributed by atoms with Gasteiger partial charge in [0.1, 0.15) is 0 Å². The predicted molar refractivity (Wildman–Crippen MR) is 88.0 cm³/mol. The fourth-order valence-corrected chi connectivity index (χ4v) is 2.81. The molecule has 0 aliphatic heterocycles. The van der Waals surface area contributed by atoms with E-state index in [1.165, 1.54) is 22.1 Å². The van der Waals surface area contributed by atoms with Crippen molar-refractivity contribution < 1.29 is 0 Å². The summed E-state index contributed by atoms with van der Waals surface area (Å²) in [6, 6.07) is 30.2. The van der Waals surface area contributed by atoms with E-state index in [2.05, 4.69) is 65.6 Å². The molecule has 0 atom stereocenters. The summed E-state index contributed by atoms with van der Waals surface area (Å²) < 4.78 is 0. The first kappa shape index (κ1) is 12.0. The van der Waals surface area contributed by atoms with Gasteiger partial charge in [0.2, 0.25) is 0 Å². The molecule has 1 heterocycles. The average molecular weight is 268 g/mol. The Bertz CT molecular complexity index is 874. The molecule has 1 radical (unpaired) electrons. The largest absolute Gasteiger partial charge is 0.354 e. The maximum Gasteiger partial charge on any atom is 0.0544 e. The van der Waals surface area contributed by atoms with Crippen LogP contribution in [0.5, 0.6) is 0 Å². The molecule has 0 aliphatic rings. The molecule has 0 spiro atoms. The van der Waals surface area contributed by atoms with E-state index in [0.717, 1.165) is 11.2 Å². The molecular weight excluding hydrogens is 254 g/mol. The molecule has 3 aromatic carbocycles. The second kappa shape index (κ2) is 4.95. The summed E-state index contributed by atoms with van der Waals surface area (Å²) in [7, 11) is 0. The SMILES string of the molecule is [c]1ccc2c(-c3ccccc3)c(-c3ccccc3)[nH]c2c1. The van der Waals surface area contributed by atoms with Crippen LogP contribution in [0.4, 0.5) is 0 Å². The molecule has 4 aromatic rings. The number of H-pyrrole nitrogens is 1. The Kier molecular flexibility index (Phi) is 2.82. The van der Waals surface area contributed by atoms with Crippen LogP contribution in [0.3, 0.4) is 0 Å². The molecule has 0 fully saturated rings. The van der Waals surface area contributed by atoms with Crippen molar-refractivity contribution in [2.24, 2.45) is 0 Å². The monoisotopic (exact) mass is 268 g/mol. The maximum absolute atomic E-state index is 3.55. The zero-order valence-corrected chi connectivity index (χ0v) is 11.5. The quantitative estimate of drug-likeness (QED) is 0.507. The Hall–Kier alpha value is -2.80. The second-order valence-corrected chi connectivity index (χ2v) is 5.08. The van der Waals surface area contributed by atoms with Crippen molar-refractivity contribution in [1.82, 2.24) is 4.98 Å². The van der Waals surface area contributed by atoms with Gasteiger partial charge in [-0.15, -0.1) is 0 Å². The molecule has 1 N–H and O–H groups in total. The number of aromatic amines is 1. The first-order valence-electron chi connectivity index (χ1n) is 7.06. The van der Waals surface area contributed by atoms with E-state index in [9.17, 15) is 0 Å². The normalized spacial score (nSPS) is 10.9. The molecule has 0 aliphatic carbocycles. The highest BCUT2D eigenvalue weighted by molar-refractivity contribution is 6.03. The van der Waals surface area contributed by atoms with Gasteiger partial charge in [-0.2, -0.15) is 0 Å². The fourth-order valence-electron chi connectivity index (χ4n) is 2.81. The fraction of sp³-hybridized carbons (Fsp3) is 0. The number of rotatable bonds is 2. The summed E-state index contributed by atoms with van der Waals surface area (Å²) in [6.45, 7) is 0. The third-order valence-corrected chi connectivity index (χ3v) is 3.77. The lowest BCUT2D eigenvalue weighted by molar-refractivity contribution is 1.45. The Morgan fingerprint density at radius 2 is 1.38 bits per heavy atom. The Morgan fingerprint density at radius 1 is 0.714 bits per heavy atom. The van der Waals surface area contributed by atoms with Crippen LogP contribution in [0.2, 0.25) is 0 Å². The van der Waals surface area contributed by atoms with Crippen LogP contribution in [-0.4, -0.2) is 4.98 Å². The molecule has 0 unspecified atom stereocenters. The van der Waals surface area contributed by atoms with Crippen molar-refractivity contribution in [3.05, 3.63) is 84.9 Å². The molecule has 4 rings (SSSR count). The molecule has 99 valence electrons. The lowest BCUT2D eigenvalue weighted by Crippen LogP contribution is -1.82. The van der Waals surface area contributed by atoms with Crippen molar-refractivity contribution in [3.8, 4) is 22.4 Å². The van der Waals surface area contributed by atoms with Crippen molar-refractivity contribution in [1.29, 1.82) is 0 Å². The Morgan fingerprint density at radius 3 is 2.10 bits per heavy atom. The van der Waals surface area contributed by atoms with E-state index < -0.39 is 0 Å². The van der Waals surface area contributed by atoms with Gasteiger partial charge in [-0.1, -0.05) is 72.8 Å². The molecule has 1 nitrogen and oxygen atoms in total. The summed E-state index contributed by atoms with van der Waals surface area (Å²) in [6.07, 6.45) is 0. The minimum absolute atomic E-state index is 1.12. The zero-order valence-electron chi connectivity index (χ0n) is 11.5. The smallest absolute Gasteiger partial charge is 0.0544 e. The van der Waals surface area contributed by atoms with Gasteiger partial charge >= 0.3 is 0 Å². The summed E-state index contributed by atoms with van der Waals surface area (Å²) in [5.41, 5.74) is 5.97. The van der Waals surface area contributed by atoms with Crippen LogP contribution >= 0.6 is 0 Å². The van der Waals surface area contributed by atoms with E-state index >= 15 is 0 Å². The van der Waals surface area contributed by atoms with Gasteiger partial charge in [0.25, 0.3) is 0 Å². The summed E-state index contributed by atoms with van der Waals surface area (Å²) in [4.78, 5) is 3.55. The number of benzene rings is 3. The van der Waals surface area contributed by atoms with Gasteiger partial charge < -0.3 is 4.98 Å². The molecule has 0 saturated heterocycles. The lowest BCUT2D eigenvalue weighted by atomic mass is 9.98. The van der Waals surface area contributed by atoms with E-state index in [1.807, 2.05) is 24.3 Å². The Labute approximate surface area is 123 Å². The topological polar surface area (TPSA) is 15.8 Å². The number of fused-ring (bicyclic) bond motifs is 1. The molecular formula is C20H14N. The standard InChI is InChI=1S/C20H14N/c1-3-9-15(10-4-1)19-17-13-7-8-14-18(17)21-20(19)16-11-5-2-6-12-16/h1-7,9-14,21H. The maximum atomic E-state index is 3.55. The third kappa shape index (κ3) is 2.03. The van der Waals surface area contributed by atoms with E-state index in [4.69, 9.17) is 0 Å². The minimum Gasteiger partial charge on any atom is -0.354 e. The third-order valence-electron chi connectivity index (χ3n) is 3.77. The van der Waals surface area contributed by atoms with Crippen LogP contribution < -0.4 is 0 Å². The first-order chi connectivity index (χ1) is 10.4. The van der Waals surface area contributed by atoms with Crippen molar-refractivity contribution in [2.75, 3.05) is 0 Å². The molecule has 0 saturated carbocycles. The van der Waals surface area contributed by atoms with Crippen LogP contribution in [0.25, 0.3) is 33.3 Å². The summed E-state index contributed by atoms with van der Waals surface area (Å²) in [5, 5.41) is 1.24. The van der Waals surface area contributed by atoms with Gasteiger partial charge in [-0.3, -0.25) is 0 Å². The predicted octanol–water partition coefficient (Wildman–Crippen LogP) is 5.30. The summed E-state index contributed by atoms with van der Waals surface area (Å²) in [5.74, 6) is 0. The average Bonchev–Trinajstić information content (AvgIpc) is 2.96.